The molecule has 1 unspecified atom stereocenters. The maximum absolute atomic E-state index is 12.8. The number of hydrogen-bond acceptors (Lipinski definition) is 3. The summed E-state index contributed by atoms with van der Waals surface area (Å²) in [6, 6.07) is 9.30. The van der Waals surface area contributed by atoms with Crippen LogP contribution in [-0.2, 0) is 25.8 Å². The molecule has 0 spiro atoms. The van der Waals surface area contributed by atoms with E-state index in [4.69, 9.17) is 4.98 Å². The molecule has 2 N–H and O–H groups in total. The number of H-pyrrole nitrogens is 1. The molecule has 0 aliphatic heterocycles. The Kier molecular flexibility index (Phi) is 4.37. The highest BCUT2D eigenvalue weighted by molar-refractivity contribution is 7.18. The Morgan fingerprint density at radius 2 is 2.04 bits per heavy atom. The van der Waals surface area contributed by atoms with Gasteiger partial charge < -0.3 is 9.88 Å². The summed E-state index contributed by atoms with van der Waals surface area (Å²) in [5.74, 6) is 0.826. The minimum Gasteiger partial charge on any atom is -0.325 e. The van der Waals surface area contributed by atoms with Gasteiger partial charge in [0.2, 0.25) is 0 Å². The molecule has 5 heteroatoms. The van der Waals surface area contributed by atoms with E-state index in [0.717, 1.165) is 35.4 Å². The van der Waals surface area contributed by atoms with Gasteiger partial charge in [0.1, 0.15) is 17.4 Å². The zero-order valence-electron chi connectivity index (χ0n) is 15.8. The van der Waals surface area contributed by atoms with Crippen molar-refractivity contribution in [3.8, 4) is 0 Å². The molecule has 0 radical (unpaired) electrons. The molecule has 2 aliphatic rings. The van der Waals surface area contributed by atoms with Gasteiger partial charge in [0, 0.05) is 16.9 Å². The molecule has 3 aromatic rings. The van der Waals surface area contributed by atoms with Gasteiger partial charge in [0.15, 0.2) is 5.82 Å². The van der Waals surface area contributed by atoms with Gasteiger partial charge in [-0.1, -0.05) is 24.3 Å². The average Bonchev–Trinajstić information content (AvgIpc) is 3.06. The van der Waals surface area contributed by atoms with E-state index in [1.54, 1.807) is 11.3 Å². The number of thiophene rings is 1. The third-order valence-corrected chi connectivity index (χ3v) is 7.47. The Balaban J connectivity index is 1.46. The number of fused-ring (bicyclic) bond motifs is 4. The summed E-state index contributed by atoms with van der Waals surface area (Å²) in [4.78, 5) is 24.5. The van der Waals surface area contributed by atoms with Gasteiger partial charge in [-0.25, -0.2) is 4.98 Å². The largest absolute Gasteiger partial charge is 0.325 e. The summed E-state index contributed by atoms with van der Waals surface area (Å²) in [5, 5.41) is 0.860. The van der Waals surface area contributed by atoms with Crippen molar-refractivity contribution in [3.05, 3.63) is 62.0 Å². The number of rotatable bonds is 3. The van der Waals surface area contributed by atoms with E-state index >= 15 is 0 Å². The van der Waals surface area contributed by atoms with Gasteiger partial charge in [0.05, 0.1) is 12.4 Å². The van der Waals surface area contributed by atoms with Gasteiger partial charge >= 0.3 is 0 Å². The number of benzene rings is 1. The van der Waals surface area contributed by atoms with Gasteiger partial charge in [-0.2, -0.15) is 0 Å². The lowest BCUT2D eigenvalue weighted by atomic mass is 9.87. The number of aromatic amines is 1. The number of quaternary nitrogens is 1. The van der Waals surface area contributed by atoms with Crippen molar-refractivity contribution in [2.24, 2.45) is 0 Å². The fourth-order valence-electron chi connectivity index (χ4n) is 4.95. The van der Waals surface area contributed by atoms with Gasteiger partial charge in [-0.3, -0.25) is 4.79 Å². The molecular weight excluding hydrogens is 354 g/mol. The Morgan fingerprint density at radius 3 is 2.96 bits per heavy atom. The molecule has 4 nitrogen and oxygen atoms in total. The molecule has 1 aromatic carbocycles. The predicted octanol–water partition coefficient (Wildman–Crippen LogP) is 2.96. The Hall–Kier alpha value is -1.98. The Bertz CT molecular complexity index is 1050. The van der Waals surface area contributed by atoms with Crippen molar-refractivity contribution in [3.63, 3.8) is 0 Å². The number of hydrogen-bond donors (Lipinski definition) is 2. The van der Waals surface area contributed by atoms with E-state index in [9.17, 15) is 4.79 Å². The highest BCUT2D eigenvalue weighted by Gasteiger charge is 2.27. The number of nitrogens with one attached hydrogen (secondary N) is 2. The van der Waals surface area contributed by atoms with E-state index < -0.39 is 0 Å². The first-order chi connectivity index (χ1) is 13.2. The van der Waals surface area contributed by atoms with Gasteiger partial charge in [-0.15, -0.1) is 11.3 Å². The molecule has 2 aliphatic carbocycles. The summed E-state index contributed by atoms with van der Waals surface area (Å²) in [6.07, 6.45) is 8.18. The van der Waals surface area contributed by atoms with Crippen molar-refractivity contribution in [2.45, 2.75) is 57.5 Å². The van der Waals surface area contributed by atoms with Gasteiger partial charge in [0.25, 0.3) is 5.56 Å². The summed E-state index contributed by atoms with van der Waals surface area (Å²) < 4.78 is 0. The number of aromatic nitrogens is 2. The van der Waals surface area contributed by atoms with Crippen LogP contribution in [0.15, 0.2) is 29.1 Å². The molecule has 0 fully saturated rings. The number of nitrogens with zero attached hydrogens (tertiary/aromatic N) is 1. The molecule has 0 bridgehead atoms. The molecule has 2 heterocycles. The Labute approximate surface area is 163 Å². The minimum absolute atomic E-state index is 0.0613. The SMILES string of the molecule is C[NH+](Cc1nc2sc3c(c2c(=O)[nH]1)CCCC3)[C@@H]1CCCc2ccccc21. The lowest BCUT2D eigenvalue weighted by molar-refractivity contribution is -0.927. The monoisotopic (exact) mass is 380 g/mol. The van der Waals surface area contributed by atoms with E-state index in [1.165, 1.54) is 58.6 Å². The highest BCUT2D eigenvalue weighted by atomic mass is 32.1. The van der Waals surface area contributed by atoms with Crippen molar-refractivity contribution >= 4 is 21.6 Å². The zero-order valence-corrected chi connectivity index (χ0v) is 16.6. The summed E-state index contributed by atoms with van der Waals surface area (Å²) in [6.45, 7) is 0.757. The van der Waals surface area contributed by atoms with Crippen LogP contribution in [0.1, 0.15) is 59.1 Å². The molecule has 0 amide bonds. The predicted molar refractivity (Wildman–Crippen MR) is 110 cm³/mol. The first-order valence-electron chi connectivity index (χ1n) is 10.1. The van der Waals surface area contributed by atoms with Crippen LogP contribution in [-0.4, -0.2) is 17.0 Å². The normalized spacial score (nSPS) is 20.3. The molecule has 0 saturated heterocycles. The second-order valence-corrected chi connectivity index (χ2v) is 9.15. The molecule has 2 aromatic heterocycles. The zero-order chi connectivity index (χ0) is 18.4. The van der Waals surface area contributed by atoms with E-state index in [0.29, 0.717) is 6.04 Å². The average molecular weight is 381 g/mol. The second-order valence-electron chi connectivity index (χ2n) is 8.07. The molecular formula is C22H26N3OS+. The van der Waals surface area contributed by atoms with Crippen LogP contribution in [0.4, 0.5) is 0 Å². The van der Waals surface area contributed by atoms with E-state index in [-0.39, 0.29) is 5.56 Å². The smallest absolute Gasteiger partial charge is 0.260 e. The topological polar surface area (TPSA) is 50.2 Å². The van der Waals surface area contributed by atoms with Crippen LogP contribution in [0.2, 0.25) is 0 Å². The van der Waals surface area contributed by atoms with E-state index in [2.05, 4.69) is 36.3 Å². The molecule has 5 rings (SSSR count). The van der Waals surface area contributed by atoms with Crippen LogP contribution in [0.25, 0.3) is 10.2 Å². The third kappa shape index (κ3) is 3.03. The second kappa shape index (κ2) is 6.88. The Morgan fingerprint density at radius 1 is 1.19 bits per heavy atom. The highest BCUT2D eigenvalue weighted by Crippen LogP contribution is 2.33. The lowest BCUT2D eigenvalue weighted by Crippen LogP contribution is -3.08. The number of aryl methyl sites for hydroxylation is 3. The molecule has 0 saturated carbocycles. The van der Waals surface area contributed by atoms with Crippen LogP contribution in [0, 0.1) is 0 Å². The summed E-state index contributed by atoms with van der Waals surface area (Å²) >= 11 is 1.74. The van der Waals surface area contributed by atoms with Crippen LogP contribution in [0.5, 0.6) is 0 Å². The summed E-state index contributed by atoms with van der Waals surface area (Å²) in [7, 11) is 2.23. The van der Waals surface area contributed by atoms with Gasteiger partial charge in [-0.05, 0) is 49.7 Å². The van der Waals surface area contributed by atoms with E-state index in [1.807, 2.05) is 0 Å². The van der Waals surface area contributed by atoms with Crippen LogP contribution >= 0.6 is 11.3 Å². The lowest BCUT2D eigenvalue weighted by Gasteiger charge is -2.30. The summed E-state index contributed by atoms with van der Waals surface area (Å²) in [5.41, 5.74) is 4.28. The van der Waals surface area contributed by atoms with Crippen LogP contribution in [0.3, 0.4) is 0 Å². The fourth-order valence-corrected chi connectivity index (χ4v) is 6.23. The first kappa shape index (κ1) is 17.1. The van der Waals surface area contributed by atoms with Crippen molar-refractivity contribution < 1.29 is 4.90 Å². The third-order valence-electron chi connectivity index (χ3n) is 6.28. The first-order valence-corrected chi connectivity index (χ1v) is 11.0. The maximum Gasteiger partial charge on any atom is 0.260 e. The van der Waals surface area contributed by atoms with Crippen molar-refractivity contribution in [1.29, 1.82) is 0 Å². The standard InChI is InChI=1S/C22H25N3OS/c1-25(17-11-6-8-14-7-2-3-9-15(14)17)13-19-23-21(26)20-16-10-4-5-12-18(16)27-22(20)24-19/h2-3,7,9,17H,4-6,8,10-13H2,1H3,(H,23,24,26)/p+1/t17-/m1/s1. The molecule has 27 heavy (non-hydrogen) atoms. The molecule has 140 valence electrons. The van der Waals surface area contributed by atoms with Crippen molar-refractivity contribution in [2.75, 3.05) is 7.05 Å². The quantitative estimate of drug-likeness (QED) is 0.734. The van der Waals surface area contributed by atoms with Crippen molar-refractivity contribution in [1.82, 2.24) is 9.97 Å². The molecule has 2 atom stereocenters. The fraction of sp³-hybridized carbons (Fsp3) is 0.455. The van der Waals surface area contributed by atoms with Crippen LogP contribution < -0.4 is 10.5 Å². The maximum atomic E-state index is 12.8. The minimum atomic E-state index is 0.0613.